The van der Waals surface area contributed by atoms with Crippen molar-refractivity contribution in [3.05, 3.63) is 36.1 Å². The second-order valence-corrected chi connectivity index (χ2v) is 6.23. The second kappa shape index (κ2) is 7.38. The van der Waals surface area contributed by atoms with Crippen LogP contribution >= 0.6 is 0 Å². The number of aryl methyl sites for hydroxylation is 1. The van der Waals surface area contributed by atoms with Crippen LogP contribution < -0.4 is 15.5 Å². The molecule has 2 amide bonds. The lowest BCUT2D eigenvalue weighted by Gasteiger charge is -2.27. The zero-order chi connectivity index (χ0) is 17.8. The average Bonchev–Trinajstić information content (AvgIpc) is 3.00. The molecule has 7 heteroatoms. The molecule has 132 valence electrons. The maximum atomic E-state index is 12.2. The fourth-order valence-corrected chi connectivity index (χ4v) is 2.82. The number of hydrogen-bond donors (Lipinski definition) is 2. The molecule has 25 heavy (non-hydrogen) atoms. The van der Waals surface area contributed by atoms with E-state index >= 15 is 0 Å². The first-order valence-corrected chi connectivity index (χ1v) is 8.44. The molecule has 0 unspecified atom stereocenters. The predicted octanol–water partition coefficient (Wildman–Crippen LogP) is 2.94. The van der Waals surface area contributed by atoms with E-state index < -0.39 is 6.04 Å². The molecule has 2 heterocycles. The van der Waals surface area contributed by atoms with Crippen LogP contribution in [0, 0.1) is 6.92 Å². The lowest BCUT2D eigenvalue weighted by atomic mass is 10.1. The summed E-state index contributed by atoms with van der Waals surface area (Å²) in [6.07, 6.45) is 2.55. The van der Waals surface area contributed by atoms with Crippen LogP contribution in [0.5, 0.6) is 0 Å². The Bertz CT molecular complexity index is 771. The third-order valence-corrected chi connectivity index (χ3v) is 4.14. The number of rotatable bonds is 5. The minimum atomic E-state index is -0.468. The van der Waals surface area contributed by atoms with Gasteiger partial charge in [-0.15, -0.1) is 0 Å². The van der Waals surface area contributed by atoms with Gasteiger partial charge in [-0.3, -0.25) is 9.59 Å². The van der Waals surface area contributed by atoms with E-state index in [4.69, 9.17) is 4.52 Å². The summed E-state index contributed by atoms with van der Waals surface area (Å²) in [5.41, 5.74) is 1.64. The molecular formula is C18H22N4O3. The summed E-state index contributed by atoms with van der Waals surface area (Å²) in [7, 11) is 0. The van der Waals surface area contributed by atoms with Crippen molar-refractivity contribution in [2.24, 2.45) is 0 Å². The second-order valence-electron chi connectivity index (χ2n) is 6.23. The van der Waals surface area contributed by atoms with E-state index in [-0.39, 0.29) is 11.8 Å². The van der Waals surface area contributed by atoms with Crippen LogP contribution in [0.15, 0.2) is 34.9 Å². The highest BCUT2D eigenvalue weighted by atomic mass is 16.5. The molecule has 1 atom stereocenters. The fraction of sp³-hybridized carbons (Fsp3) is 0.389. The molecule has 1 fully saturated rings. The van der Waals surface area contributed by atoms with Crippen LogP contribution in [-0.2, 0) is 9.59 Å². The van der Waals surface area contributed by atoms with Crippen molar-refractivity contribution in [1.82, 2.24) is 5.16 Å². The third-order valence-electron chi connectivity index (χ3n) is 4.14. The van der Waals surface area contributed by atoms with E-state index in [1.165, 1.54) is 0 Å². The SMILES string of the molecule is Cc1cc(NC(=O)[C@@H](C)Nc2cccc(N3CCCCC3=O)c2)no1. The molecule has 1 aliphatic heterocycles. The molecule has 2 N–H and O–H groups in total. The van der Waals surface area contributed by atoms with Crippen LogP contribution in [0.3, 0.4) is 0 Å². The van der Waals surface area contributed by atoms with Crippen molar-refractivity contribution < 1.29 is 14.1 Å². The fourth-order valence-electron chi connectivity index (χ4n) is 2.82. The highest BCUT2D eigenvalue weighted by Crippen LogP contribution is 2.24. The predicted molar refractivity (Wildman–Crippen MR) is 95.6 cm³/mol. The van der Waals surface area contributed by atoms with Crippen molar-refractivity contribution in [1.29, 1.82) is 0 Å². The molecule has 1 saturated heterocycles. The van der Waals surface area contributed by atoms with Gasteiger partial charge in [0.15, 0.2) is 5.82 Å². The molecule has 7 nitrogen and oxygen atoms in total. The maximum Gasteiger partial charge on any atom is 0.247 e. The number of aromatic nitrogens is 1. The van der Waals surface area contributed by atoms with Crippen LogP contribution in [0.25, 0.3) is 0 Å². The summed E-state index contributed by atoms with van der Waals surface area (Å²) < 4.78 is 4.93. The summed E-state index contributed by atoms with van der Waals surface area (Å²) in [4.78, 5) is 26.1. The number of nitrogens with one attached hydrogen (secondary N) is 2. The zero-order valence-corrected chi connectivity index (χ0v) is 14.4. The molecule has 2 aromatic rings. The van der Waals surface area contributed by atoms with Crippen molar-refractivity contribution in [2.45, 2.75) is 39.2 Å². The van der Waals surface area contributed by atoms with Gasteiger partial charge in [0.1, 0.15) is 11.8 Å². The Balaban J connectivity index is 1.64. The van der Waals surface area contributed by atoms with E-state index in [1.54, 1.807) is 24.8 Å². The molecule has 1 aromatic heterocycles. The number of nitrogens with zero attached hydrogens (tertiary/aromatic N) is 2. The van der Waals surface area contributed by atoms with Gasteiger partial charge in [-0.1, -0.05) is 11.2 Å². The van der Waals surface area contributed by atoms with Crippen LogP contribution in [0.2, 0.25) is 0 Å². The highest BCUT2D eigenvalue weighted by Gasteiger charge is 2.20. The number of carbonyl (C=O) groups is 2. The van der Waals surface area contributed by atoms with E-state index in [1.807, 2.05) is 24.3 Å². The lowest BCUT2D eigenvalue weighted by molar-refractivity contribution is -0.119. The molecular weight excluding hydrogens is 320 g/mol. The van der Waals surface area contributed by atoms with Crippen molar-refractivity contribution in [3.63, 3.8) is 0 Å². The van der Waals surface area contributed by atoms with Gasteiger partial charge in [-0.05, 0) is 44.9 Å². The van der Waals surface area contributed by atoms with Gasteiger partial charge in [0.05, 0.1) is 0 Å². The molecule has 0 bridgehead atoms. The zero-order valence-electron chi connectivity index (χ0n) is 14.4. The molecule has 1 aromatic carbocycles. The lowest BCUT2D eigenvalue weighted by Crippen LogP contribution is -2.35. The van der Waals surface area contributed by atoms with Gasteiger partial charge in [0.25, 0.3) is 0 Å². The van der Waals surface area contributed by atoms with E-state index in [0.717, 1.165) is 30.8 Å². The number of anilines is 3. The number of carbonyl (C=O) groups excluding carboxylic acids is 2. The smallest absolute Gasteiger partial charge is 0.247 e. The molecule has 0 aliphatic carbocycles. The Morgan fingerprint density at radius 1 is 1.32 bits per heavy atom. The quantitative estimate of drug-likeness (QED) is 0.872. The van der Waals surface area contributed by atoms with Crippen molar-refractivity contribution in [2.75, 3.05) is 22.1 Å². The topological polar surface area (TPSA) is 87.5 Å². The first-order chi connectivity index (χ1) is 12.0. The largest absolute Gasteiger partial charge is 0.374 e. The van der Waals surface area contributed by atoms with Gasteiger partial charge < -0.3 is 20.1 Å². The number of piperidine rings is 1. The van der Waals surface area contributed by atoms with E-state index in [9.17, 15) is 9.59 Å². The summed E-state index contributed by atoms with van der Waals surface area (Å²) in [5, 5.41) is 9.60. The molecule has 0 saturated carbocycles. The minimum absolute atomic E-state index is 0.149. The maximum absolute atomic E-state index is 12.2. The molecule has 0 spiro atoms. The van der Waals surface area contributed by atoms with E-state index in [2.05, 4.69) is 15.8 Å². The minimum Gasteiger partial charge on any atom is -0.374 e. The van der Waals surface area contributed by atoms with Crippen molar-refractivity contribution >= 4 is 29.0 Å². The monoisotopic (exact) mass is 342 g/mol. The van der Waals surface area contributed by atoms with Crippen LogP contribution in [0.4, 0.5) is 17.2 Å². The highest BCUT2D eigenvalue weighted by molar-refractivity contribution is 5.96. The number of hydrogen-bond acceptors (Lipinski definition) is 5. The molecule has 0 radical (unpaired) electrons. The Morgan fingerprint density at radius 3 is 2.88 bits per heavy atom. The van der Waals surface area contributed by atoms with Crippen molar-refractivity contribution in [3.8, 4) is 0 Å². The third kappa shape index (κ3) is 4.17. The Labute approximate surface area is 146 Å². The molecule has 3 rings (SSSR count). The van der Waals surface area contributed by atoms with Gasteiger partial charge in [0.2, 0.25) is 11.8 Å². The first kappa shape index (κ1) is 17.0. The Hall–Kier alpha value is -2.83. The number of benzene rings is 1. The van der Waals surface area contributed by atoms with Gasteiger partial charge in [-0.25, -0.2) is 0 Å². The van der Waals surface area contributed by atoms with Gasteiger partial charge >= 0.3 is 0 Å². The first-order valence-electron chi connectivity index (χ1n) is 8.44. The van der Waals surface area contributed by atoms with Gasteiger partial charge in [-0.2, -0.15) is 0 Å². The van der Waals surface area contributed by atoms with Crippen LogP contribution in [0.1, 0.15) is 31.9 Å². The van der Waals surface area contributed by atoms with Gasteiger partial charge in [0, 0.05) is 30.4 Å². The summed E-state index contributed by atoms with van der Waals surface area (Å²) in [5.74, 6) is 0.960. The standard InChI is InChI=1S/C18H22N4O3/c1-12-10-16(21-25-12)20-18(24)13(2)19-14-6-5-7-15(11-14)22-9-4-3-8-17(22)23/h5-7,10-11,13,19H,3-4,8-9H2,1-2H3,(H,20,21,24)/t13-/m1/s1. The number of amides is 2. The molecule has 1 aliphatic rings. The Kier molecular flexibility index (Phi) is 5.02. The van der Waals surface area contributed by atoms with E-state index in [0.29, 0.717) is 18.0 Å². The summed E-state index contributed by atoms with van der Waals surface area (Å²) in [6.45, 7) is 4.27. The van der Waals surface area contributed by atoms with Crippen LogP contribution in [-0.4, -0.2) is 29.6 Å². The summed E-state index contributed by atoms with van der Waals surface area (Å²) >= 11 is 0. The normalized spacial score (nSPS) is 15.8. The Morgan fingerprint density at radius 2 is 2.16 bits per heavy atom. The average molecular weight is 342 g/mol. The summed E-state index contributed by atoms with van der Waals surface area (Å²) in [6, 6.07) is 8.76.